The van der Waals surface area contributed by atoms with Crippen molar-refractivity contribution in [1.82, 2.24) is 19.7 Å². The van der Waals surface area contributed by atoms with Gasteiger partial charge in [0, 0.05) is 44.5 Å². The van der Waals surface area contributed by atoms with Crippen molar-refractivity contribution >= 4 is 23.7 Å². The Labute approximate surface area is 298 Å². The van der Waals surface area contributed by atoms with Gasteiger partial charge in [0.05, 0.1) is 12.2 Å². The second-order valence-corrected chi connectivity index (χ2v) is 14.0. The van der Waals surface area contributed by atoms with Crippen molar-refractivity contribution in [2.24, 2.45) is 5.92 Å². The van der Waals surface area contributed by atoms with E-state index in [9.17, 15) is 36.3 Å². The highest BCUT2D eigenvalue weighted by Gasteiger charge is 2.31. The van der Waals surface area contributed by atoms with E-state index < -0.39 is 52.5 Å². The molecule has 0 atom stereocenters. The summed E-state index contributed by atoms with van der Waals surface area (Å²) >= 11 is 0. The van der Waals surface area contributed by atoms with Gasteiger partial charge in [0.1, 0.15) is 5.60 Å². The molecule has 5 rings (SSSR count). The SMILES string of the molecule is CCc1cccc(-c2cnc(C(=O)N3CCN(CC4CCN(CC(=O)Oc5c(F)c(F)c(F)c(F)c5F)CC4)CC3)c(NC(=O)OC(C)(C)C)c2)c1. The van der Waals surface area contributed by atoms with Gasteiger partial charge in [-0.05, 0) is 76.2 Å². The van der Waals surface area contributed by atoms with Crippen molar-refractivity contribution in [1.29, 1.82) is 0 Å². The van der Waals surface area contributed by atoms with Crippen LogP contribution in [0.4, 0.5) is 32.4 Å². The van der Waals surface area contributed by atoms with Crippen LogP contribution in [0.3, 0.4) is 0 Å². The standard InChI is InChI=1S/C37H42F5N5O5/c1-5-22-7-6-8-24(17-22)25-18-26(44-36(50)52-37(2,3)4)33(43-19-25)35(49)47-15-13-46(14-16-47)20-23-9-11-45(12-10-23)21-27(48)51-34-31(41)29(39)28(38)30(40)32(34)42/h6-8,17-19,23H,5,9-16,20-21H2,1-4H3,(H,44,50). The summed E-state index contributed by atoms with van der Waals surface area (Å²) in [6, 6.07) is 9.70. The number of benzene rings is 2. The number of halogens is 5. The van der Waals surface area contributed by atoms with Crippen LogP contribution in [0.2, 0.25) is 0 Å². The minimum atomic E-state index is -2.33. The van der Waals surface area contributed by atoms with Crippen molar-refractivity contribution in [3.63, 3.8) is 0 Å². The summed E-state index contributed by atoms with van der Waals surface area (Å²) in [7, 11) is 0. The van der Waals surface area contributed by atoms with Crippen LogP contribution in [-0.4, -0.2) is 95.6 Å². The van der Waals surface area contributed by atoms with E-state index in [-0.39, 0.29) is 29.8 Å². The Morgan fingerprint density at radius 1 is 0.846 bits per heavy atom. The average molecular weight is 732 g/mol. The highest BCUT2D eigenvalue weighted by atomic mass is 19.2. The lowest BCUT2D eigenvalue weighted by Crippen LogP contribution is -2.51. The van der Waals surface area contributed by atoms with E-state index in [0.29, 0.717) is 52.1 Å². The molecule has 1 N–H and O–H groups in total. The first-order chi connectivity index (χ1) is 24.6. The third-order valence-corrected chi connectivity index (χ3v) is 9.02. The van der Waals surface area contributed by atoms with E-state index in [0.717, 1.165) is 29.7 Å². The molecule has 0 radical (unpaired) electrons. The summed E-state index contributed by atoms with van der Waals surface area (Å²) in [6.45, 7) is 10.7. The molecule has 2 aliphatic heterocycles. The van der Waals surface area contributed by atoms with Gasteiger partial charge < -0.3 is 14.4 Å². The first kappa shape index (κ1) is 38.6. The van der Waals surface area contributed by atoms with Gasteiger partial charge in [-0.3, -0.25) is 24.7 Å². The van der Waals surface area contributed by atoms with Crippen molar-refractivity contribution in [3.8, 4) is 16.9 Å². The lowest BCUT2D eigenvalue weighted by Gasteiger charge is -2.38. The molecule has 2 amide bonds. The number of carbonyl (C=O) groups is 3. The van der Waals surface area contributed by atoms with Gasteiger partial charge in [0.2, 0.25) is 34.8 Å². The zero-order valence-electron chi connectivity index (χ0n) is 29.5. The Morgan fingerprint density at radius 2 is 1.48 bits per heavy atom. The maximum absolute atomic E-state index is 13.9. The topological polar surface area (TPSA) is 104 Å². The number of hydrogen-bond acceptors (Lipinski definition) is 8. The van der Waals surface area contributed by atoms with Crippen LogP contribution in [0, 0.1) is 35.0 Å². The zero-order chi connectivity index (χ0) is 37.7. The third-order valence-electron chi connectivity index (χ3n) is 9.02. The van der Waals surface area contributed by atoms with Crippen LogP contribution in [0.5, 0.6) is 5.75 Å². The number of likely N-dealkylation sites (tertiary alicyclic amines) is 1. The molecule has 0 saturated carbocycles. The Balaban J connectivity index is 1.14. The molecular weight excluding hydrogens is 689 g/mol. The number of aromatic nitrogens is 1. The molecule has 0 bridgehead atoms. The zero-order valence-corrected chi connectivity index (χ0v) is 29.5. The fraction of sp³-hybridized carbons (Fsp3) is 0.459. The minimum Gasteiger partial charge on any atom is -0.444 e. The predicted octanol–water partition coefficient (Wildman–Crippen LogP) is 6.43. The quantitative estimate of drug-likeness (QED) is 0.0884. The number of aryl methyl sites for hydroxylation is 1. The molecule has 2 aromatic carbocycles. The molecule has 0 spiro atoms. The molecule has 0 aliphatic carbocycles. The van der Waals surface area contributed by atoms with Crippen LogP contribution in [-0.2, 0) is 16.0 Å². The predicted molar refractivity (Wildman–Crippen MR) is 182 cm³/mol. The number of hydrogen-bond donors (Lipinski definition) is 1. The smallest absolute Gasteiger partial charge is 0.412 e. The number of pyridine rings is 1. The van der Waals surface area contributed by atoms with Crippen molar-refractivity contribution in [3.05, 3.63) is 76.9 Å². The monoisotopic (exact) mass is 731 g/mol. The fourth-order valence-electron chi connectivity index (χ4n) is 6.25. The van der Waals surface area contributed by atoms with Crippen molar-refractivity contribution in [2.45, 2.75) is 52.6 Å². The molecule has 3 aromatic rings. The number of amides is 2. The number of esters is 1. The lowest BCUT2D eigenvalue weighted by molar-refractivity contribution is -0.136. The summed E-state index contributed by atoms with van der Waals surface area (Å²) in [5, 5.41) is 2.74. The number of nitrogens with zero attached hydrogens (tertiary/aromatic N) is 4. The number of piperazine rings is 1. The maximum Gasteiger partial charge on any atom is 0.412 e. The summed E-state index contributed by atoms with van der Waals surface area (Å²) in [5.74, 6) is -13.9. The van der Waals surface area contributed by atoms with Gasteiger partial charge in [-0.15, -0.1) is 0 Å². The van der Waals surface area contributed by atoms with Crippen LogP contribution >= 0.6 is 0 Å². The lowest BCUT2D eigenvalue weighted by atomic mass is 9.96. The van der Waals surface area contributed by atoms with Gasteiger partial charge in [-0.2, -0.15) is 8.78 Å². The number of nitrogens with one attached hydrogen (secondary N) is 1. The van der Waals surface area contributed by atoms with E-state index in [1.54, 1.807) is 42.8 Å². The summed E-state index contributed by atoms with van der Waals surface area (Å²) in [6.07, 6.45) is 3.18. The molecule has 2 fully saturated rings. The van der Waals surface area contributed by atoms with E-state index in [2.05, 4.69) is 26.9 Å². The fourth-order valence-corrected chi connectivity index (χ4v) is 6.25. The number of carbonyl (C=O) groups excluding carboxylic acids is 3. The Bertz CT molecular complexity index is 1770. The normalized spacial score (nSPS) is 16.1. The molecule has 0 unspecified atom stereocenters. The number of anilines is 1. The van der Waals surface area contributed by atoms with E-state index in [4.69, 9.17) is 4.74 Å². The number of rotatable bonds is 9. The Kier molecular flexibility index (Phi) is 12.1. The van der Waals surface area contributed by atoms with Crippen LogP contribution < -0.4 is 10.1 Å². The van der Waals surface area contributed by atoms with E-state index >= 15 is 0 Å². The molecule has 52 heavy (non-hydrogen) atoms. The highest BCUT2D eigenvalue weighted by Crippen LogP contribution is 2.30. The number of ether oxygens (including phenoxy) is 2. The van der Waals surface area contributed by atoms with Crippen molar-refractivity contribution < 1.29 is 45.8 Å². The third kappa shape index (κ3) is 9.42. The van der Waals surface area contributed by atoms with Gasteiger partial charge in [-0.1, -0.05) is 31.2 Å². The molecule has 280 valence electrons. The molecule has 2 aliphatic rings. The van der Waals surface area contributed by atoms with E-state index in [1.807, 2.05) is 24.3 Å². The molecule has 1 aromatic heterocycles. The Morgan fingerprint density at radius 3 is 2.10 bits per heavy atom. The summed E-state index contributed by atoms with van der Waals surface area (Å²) < 4.78 is 78.1. The van der Waals surface area contributed by atoms with Crippen molar-refractivity contribution in [2.75, 3.05) is 57.7 Å². The molecule has 10 nitrogen and oxygen atoms in total. The first-order valence-corrected chi connectivity index (χ1v) is 17.2. The maximum atomic E-state index is 13.9. The van der Waals surface area contributed by atoms with Crippen LogP contribution in [0.1, 0.15) is 56.6 Å². The van der Waals surface area contributed by atoms with Gasteiger partial charge in [0.25, 0.3) is 5.91 Å². The second kappa shape index (κ2) is 16.4. The molecular formula is C37H42F5N5O5. The average Bonchev–Trinajstić information content (AvgIpc) is 3.11. The molecule has 2 saturated heterocycles. The number of piperidine rings is 1. The summed E-state index contributed by atoms with van der Waals surface area (Å²) in [4.78, 5) is 49.0. The molecule has 15 heteroatoms. The largest absolute Gasteiger partial charge is 0.444 e. The van der Waals surface area contributed by atoms with Gasteiger partial charge in [-0.25, -0.2) is 22.9 Å². The Hall–Kier alpha value is -4.63. The first-order valence-electron chi connectivity index (χ1n) is 17.2. The van der Waals surface area contributed by atoms with E-state index in [1.165, 1.54) is 0 Å². The van der Waals surface area contributed by atoms with Gasteiger partial charge in [0.15, 0.2) is 5.69 Å². The van der Waals surface area contributed by atoms with Crippen LogP contribution in [0.25, 0.3) is 11.1 Å². The molecule has 3 heterocycles. The highest BCUT2D eigenvalue weighted by molar-refractivity contribution is 6.01. The second-order valence-electron chi connectivity index (χ2n) is 14.0. The summed E-state index contributed by atoms with van der Waals surface area (Å²) in [5.41, 5.74) is 2.40. The van der Waals surface area contributed by atoms with Gasteiger partial charge >= 0.3 is 12.1 Å². The van der Waals surface area contributed by atoms with Crippen LogP contribution in [0.15, 0.2) is 36.5 Å². The minimum absolute atomic E-state index is 0.112.